The second-order valence-corrected chi connectivity index (χ2v) is 8.20. The summed E-state index contributed by atoms with van der Waals surface area (Å²) in [6.45, 7) is 0.778. The third-order valence-electron chi connectivity index (χ3n) is 4.33. The fourth-order valence-electron chi connectivity index (χ4n) is 3.07. The first-order chi connectivity index (χ1) is 11.5. The van der Waals surface area contributed by atoms with Crippen molar-refractivity contribution in [2.24, 2.45) is 0 Å². The highest BCUT2D eigenvalue weighted by molar-refractivity contribution is 7.88. The fraction of sp³-hybridized carbons (Fsp3) is 0.250. The molecule has 0 unspecified atom stereocenters. The Labute approximate surface area is 144 Å². The molecule has 24 heavy (non-hydrogen) atoms. The van der Waals surface area contributed by atoms with Gasteiger partial charge in [-0.15, -0.1) is 0 Å². The molecule has 0 spiro atoms. The Balaban J connectivity index is 1.63. The van der Waals surface area contributed by atoms with E-state index in [0.717, 1.165) is 22.2 Å². The highest BCUT2D eigenvalue weighted by Gasteiger charge is 2.28. The number of hydrogen-bond acceptors (Lipinski definition) is 4. The summed E-state index contributed by atoms with van der Waals surface area (Å²) in [5, 5.41) is 8.29. The molecule has 1 N–H and O–H groups in total. The number of fused-ring (bicyclic) bond motifs is 3. The predicted octanol–water partition coefficient (Wildman–Crippen LogP) is 2.50. The lowest BCUT2D eigenvalue weighted by atomic mass is 10.0. The zero-order valence-corrected chi connectivity index (χ0v) is 14.3. The Hall–Kier alpha value is -1.96. The molecule has 2 aromatic heterocycles. The van der Waals surface area contributed by atoms with Gasteiger partial charge in [0.15, 0.2) is 5.65 Å². The van der Waals surface area contributed by atoms with Crippen molar-refractivity contribution < 1.29 is 8.42 Å². The van der Waals surface area contributed by atoms with Gasteiger partial charge in [-0.3, -0.25) is 5.10 Å². The van der Waals surface area contributed by atoms with Crippen LogP contribution in [0.25, 0.3) is 11.0 Å². The summed E-state index contributed by atoms with van der Waals surface area (Å²) >= 11 is 6.10. The molecule has 8 heteroatoms. The number of sulfonamides is 1. The maximum absolute atomic E-state index is 12.8. The number of H-pyrrole nitrogens is 1. The van der Waals surface area contributed by atoms with Gasteiger partial charge in [-0.05, 0) is 29.2 Å². The number of pyridine rings is 1. The zero-order chi connectivity index (χ0) is 16.7. The summed E-state index contributed by atoms with van der Waals surface area (Å²) in [5.74, 6) is -0.0939. The highest BCUT2D eigenvalue weighted by atomic mass is 35.5. The minimum Gasteiger partial charge on any atom is -0.261 e. The average Bonchev–Trinajstić information content (AvgIpc) is 3.05. The maximum Gasteiger partial charge on any atom is 0.218 e. The lowest BCUT2D eigenvalue weighted by Crippen LogP contribution is -2.36. The van der Waals surface area contributed by atoms with Crippen LogP contribution in [0.3, 0.4) is 0 Å². The number of nitrogens with one attached hydrogen (secondary N) is 1. The topological polar surface area (TPSA) is 79.0 Å². The third kappa shape index (κ3) is 2.68. The van der Waals surface area contributed by atoms with Gasteiger partial charge in [-0.25, -0.2) is 13.4 Å². The third-order valence-corrected chi connectivity index (χ3v) is 6.47. The van der Waals surface area contributed by atoms with E-state index in [1.165, 1.54) is 4.31 Å². The molecule has 3 heterocycles. The van der Waals surface area contributed by atoms with E-state index in [2.05, 4.69) is 15.2 Å². The Morgan fingerprint density at radius 2 is 2.08 bits per heavy atom. The summed E-state index contributed by atoms with van der Waals surface area (Å²) in [6, 6.07) is 7.03. The molecule has 0 radical (unpaired) electrons. The van der Waals surface area contributed by atoms with Crippen LogP contribution < -0.4 is 0 Å². The molecule has 124 valence electrons. The molecule has 4 rings (SSSR count). The summed E-state index contributed by atoms with van der Waals surface area (Å²) in [5.41, 5.74) is 3.41. The quantitative estimate of drug-likeness (QED) is 0.776. The van der Waals surface area contributed by atoms with Gasteiger partial charge in [0.05, 0.1) is 11.9 Å². The standard InChI is InChI=1S/C16H15ClN4O2S/c17-15-4-2-1-3-11(15)10-24(22,23)21-6-5-13-12(9-21)7-18-16-14(13)8-19-20-16/h1-4,7-8H,5-6,9-10H2,(H,18,19,20). The molecular formula is C16H15ClN4O2S. The van der Waals surface area contributed by atoms with Gasteiger partial charge in [0.2, 0.25) is 10.0 Å². The summed E-state index contributed by atoms with van der Waals surface area (Å²) < 4.78 is 27.0. The van der Waals surface area contributed by atoms with Gasteiger partial charge in [0.25, 0.3) is 0 Å². The molecule has 1 aliphatic rings. The number of hydrogen-bond donors (Lipinski definition) is 1. The molecule has 1 aromatic carbocycles. The summed E-state index contributed by atoms with van der Waals surface area (Å²) in [4.78, 5) is 4.31. The van der Waals surface area contributed by atoms with E-state index in [0.29, 0.717) is 30.1 Å². The van der Waals surface area contributed by atoms with Crippen molar-refractivity contribution in [3.05, 3.63) is 58.4 Å². The number of halogens is 1. The number of aromatic nitrogens is 3. The van der Waals surface area contributed by atoms with Crippen LogP contribution in [0.5, 0.6) is 0 Å². The fourth-order valence-corrected chi connectivity index (χ4v) is 4.88. The van der Waals surface area contributed by atoms with E-state index >= 15 is 0 Å². The molecular weight excluding hydrogens is 348 g/mol. The molecule has 0 amide bonds. The Morgan fingerprint density at radius 3 is 2.92 bits per heavy atom. The van der Waals surface area contributed by atoms with Crippen LogP contribution in [0.1, 0.15) is 16.7 Å². The number of benzene rings is 1. The van der Waals surface area contributed by atoms with Crippen LogP contribution in [0.4, 0.5) is 0 Å². The number of nitrogens with zero attached hydrogens (tertiary/aromatic N) is 3. The van der Waals surface area contributed by atoms with Crippen molar-refractivity contribution in [3.8, 4) is 0 Å². The van der Waals surface area contributed by atoms with Crippen molar-refractivity contribution in [3.63, 3.8) is 0 Å². The van der Waals surface area contributed by atoms with Crippen LogP contribution in [-0.2, 0) is 28.7 Å². The Morgan fingerprint density at radius 1 is 1.25 bits per heavy atom. The van der Waals surface area contributed by atoms with Gasteiger partial charge in [-0.2, -0.15) is 9.40 Å². The van der Waals surface area contributed by atoms with Crippen LogP contribution in [0.15, 0.2) is 36.7 Å². The van der Waals surface area contributed by atoms with E-state index in [4.69, 9.17) is 11.6 Å². The van der Waals surface area contributed by atoms with E-state index in [1.807, 2.05) is 0 Å². The van der Waals surface area contributed by atoms with E-state index in [9.17, 15) is 8.42 Å². The lowest BCUT2D eigenvalue weighted by Gasteiger charge is -2.28. The van der Waals surface area contributed by atoms with Crippen LogP contribution in [-0.4, -0.2) is 34.4 Å². The van der Waals surface area contributed by atoms with E-state index < -0.39 is 10.0 Å². The van der Waals surface area contributed by atoms with Crippen molar-refractivity contribution >= 4 is 32.7 Å². The molecule has 0 fully saturated rings. The predicted molar refractivity (Wildman–Crippen MR) is 92.1 cm³/mol. The summed E-state index contributed by atoms with van der Waals surface area (Å²) in [6.07, 6.45) is 4.12. The number of rotatable bonds is 3. The SMILES string of the molecule is O=S(=O)(Cc1ccccc1Cl)N1CCc2c(cnc3[nH]ncc23)C1. The first-order valence-electron chi connectivity index (χ1n) is 7.55. The largest absolute Gasteiger partial charge is 0.261 e. The van der Waals surface area contributed by atoms with Gasteiger partial charge < -0.3 is 0 Å². The molecule has 0 saturated heterocycles. The summed E-state index contributed by atoms with van der Waals surface area (Å²) in [7, 11) is -3.44. The Kier molecular flexibility index (Phi) is 3.79. The van der Waals surface area contributed by atoms with Gasteiger partial charge >= 0.3 is 0 Å². The lowest BCUT2D eigenvalue weighted by molar-refractivity contribution is 0.391. The van der Waals surface area contributed by atoms with Crippen molar-refractivity contribution in [2.75, 3.05) is 6.54 Å². The van der Waals surface area contributed by atoms with Crippen molar-refractivity contribution in [2.45, 2.75) is 18.7 Å². The minimum absolute atomic E-state index is 0.0939. The minimum atomic E-state index is -3.44. The first-order valence-corrected chi connectivity index (χ1v) is 9.54. The second kappa shape index (κ2) is 5.84. The molecule has 6 nitrogen and oxygen atoms in total. The Bertz CT molecular complexity index is 1020. The molecule has 1 aliphatic heterocycles. The van der Waals surface area contributed by atoms with Crippen molar-refractivity contribution in [1.82, 2.24) is 19.5 Å². The molecule has 0 saturated carbocycles. The molecule has 0 atom stereocenters. The number of aromatic amines is 1. The monoisotopic (exact) mass is 362 g/mol. The highest BCUT2D eigenvalue weighted by Crippen LogP contribution is 2.28. The zero-order valence-electron chi connectivity index (χ0n) is 12.7. The maximum atomic E-state index is 12.8. The van der Waals surface area contributed by atoms with Crippen LogP contribution in [0.2, 0.25) is 5.02 Å². The van der Waals surface area contributed by atoms with Crippen LogP contribution in [0, 0.1) is 0 Å². The molecule has 3 aromatic rings. The van der Waals surface area contributed by atoms with Crippen LogP contribution >= 0.6 is 11.6 Å². The smallest absolute Gasteiger partial charge is 0.218 e. The molecule has 0 aliphatic carbocycles. The first kappa shape index (κ1) is 15.6. The average molecular weight is 363 g/mol. The molecule has 0 bridgehead atoms. The van der Waals surface area contributed by atoms with E-state index in [1.54, 1.807) is 36.7 Å². The van der Waals surface area contributed by atoms with E-state index in [-0.39, 0.29) is 5.75 Å². The van der Waals surface area contributed by atoms with Gasteiger partial charge in [0.1, 0.15) is 0 Å². The van der Waals surface area contributed by atoms with Gasteiger partial charge in [0, 0.05) is 29.7 Å². The second-order valence-electron chi connectivity index (χ2n) is 5.83. The van der Waals surface area contributed by atoms with Crippen molar-refractivity contribution in [1.29, 1.82) is 0 Å². The normalized spacial score (nSPS) is 15.5. The van der Waals surface area contributed by atoms with Gasteiger partial charge in [-0.1, -0.05) is 29.8 Å².